The minimum Gasteiger partial charge on any atom is -0.481 e. The van der Waals surface area contributed by atoms with Gasteiger partial charge in [0.15, 0.2) is 5.78 Å². The lowest BCUT2D eigenvalue weighted by Crippen LogP contribution is -2.19. The quantitative estimate of drug-likeness (QED) is 0.181. The van der Waals surface area contributed by atoms with E-state index in [0.29, 0.717) is 41.0 Å². The van der Waals surface area contributed by atoms with E-state index in [2.05, 4.69) is 5.32 Å². The molecular formula is C24H36N2O5S2. The van der Waals surface area contributed by atoms with Gasteiger partial charge in [-0.3, -0.25) is 14.4 Å². The van der Waals surface area contributed by atoms with Crippen molar-refractivity contribution in [3.8, 4) is 0 Å². The lowest BCUT2D eigenvalue weighted by atomic mass is 9.95. The molecule has 0 spiro atoms. The molecule has 9 heteroatoms. The number of nitrogens with one attached hydrogen (secondary N) is 1. The maximum absolute atomic E-state index is 12.6. The van der Waals surface area contributed by atoms with Gasteiger partial charge in [0.25, 0.3) is 0 Å². The number of aliphatic carboxylic acids is 1. The van der Waals surface area contributed by atoms with Crippen LogP contribution >= 0.6 is 23.5 Å². The van der Waals surface area contributed by atoms with Gasteiger partial charge in [0.05, 0.1) is 17.8 Å². The van der Waals surface area contributed by atoms with Gasteiger partial charge in [-0.15, -0.1) is 0 Å². The molecule has 184 valence electrons. The number of carbonyl (C=O) groups excluding carboxylic acids is 2. The van der Waals surface area contributed by atoms with E-state index in [0.717, 1.165) is 31.6 Å². The van der Waals surface area contributed by atoms with Crippen LogP contribution in [0.3, 0.4) is 0 Å². The summed E-state index contributed by atoms with van der Waals surface area (Å²) in [5.41, 5.74) is 7.02. The molecule has 0 heterocycles. The van der Waals surface area contributed by atoms with Crippen LogP contribution in [0.5, 0.6) is 0 Å². The number of anilines is 2. The van der Waals surface area contributed by atoms with E-state index in [1.54, 1.807) is 35.7 Å². The summed E-state index contributed by atoms with van der Waals surface area (Å²) in [6.07, 6.45) is 9.71. The minimum atomic E-state index is -0.976. The van der Waals surface area contributed by atoms with Gasteiger partial charge in [-0.2, -0.15) is 23.5 Å². The predicted octanol–water partition coefficient (Wildman–Crippen LogP) is 4.71. The Kier molecular flexibility index (Phi) is 12.7. The number of ketones is 1. The number of carboxylic acid groups (broad SMARTS) is 1. The van der Waals surface area contributed by atoms with Crippen molar-refractivity contribution in [2.75, 3.05) is 41.2 Å². The fourth-order valence-electron chi connectivity index (χ4n) is 3.80. The van der Waals surface area contributed by atoms with Gasteiger partial charge in [0.2, 0.25) is 5.91 Å². The van der Waals surface area contributed by atoms with Crippen LogP contribution in [0.1, 0.15) is 61.7 Å². The highest BCUT2D eigenvalue weighted by Crippen LogP contribution is 2.22. The van der Waals surface area contributed by atoms with Gasteiger partial charge >= 0.3 is 5.97 Å². The molecule has 1 aromatic carbocycles. The van der Waals surface area contributed by atoms with Crippen molar-refractivity contribution in [3.05, 3.63) is 23.8 Å². The molecule has 1 atom stereocenters. The third-order valence-corrected chi connectivity index (χ3v) is 7.27. The molecular weight excluding hydrogens is 460 g/mol. The van der Waals surface area contributed by atoms with E-state index in [1.165, 1.54) is 25.3 Å². The number of carbonyl (C=O) groups is 3. The number of thioether (sulfide) groups is 2. The third kappa shape index (κ3) is 10.8. The van der Waals surface area contributed by atoms with Crippen molar-refractivity contribution in [1.82, 2.24) is 0 Å². The summed E-state index contributed by atoms with van der Waals surface area (Å²) >= 11 is 3.09. The Balaban J connectivity index is 1.76. The number of nitrogens with two attached hydrogens (primary N) is 1. The number of hydrogen-bond donors (Lipinski definition) is 3. The molecule has 0 aromatic heterocycles. The van der Waals surface area contributed by atoms with Gasteiger partial charge in [-0.1, -0.05) is 19.3 Å². The van der Waals surface area contributed by atoms with E-state index in [9.17, 15) is 19.5 Å². The maximum Gasteiger partial charge on any atom is 0.306 e. The number of nitrogen functional groups attached to an aromatic ring is 1. The number of benzene rings is 1. The first-order valence-electron chi connectivity index (χ1n) is 11.5. The second-order valence-corrected chi connectivity index (χ2v) is 10.5. The Bertz CT molecular complexity index is 784. The number of carboxylic acids is 1. The summed E-state index contributed by atoms with van der Waals surface area (Å²) in [4.78, 5) is 36.4. The average molecular weight is 497 g/mol. The Morgan fingerprint density at radius 2 is 1.94 bits per heavy atom. The topological polar surface area (TPSA) is 119 Å². The number of ether oxygens (including phenoxy) is 1. The lowest BCUT2D eigenvalue weighted by Gasteiger charge is -2.21. The highest BCUT2D eigenvalue weighted by Gasteiger charge is 2.22. The summed E-state index contributed by atoms with van der Waals surface area (Å²) in [5, 5.41) is 12.2. The Hall–Kier alpha value is -1.71. The smallest absolute Gasteiger partial charge is 0.306 e. The van der Waals surface area contributed by atoms with Gasteiger partial charge in [-0.25, -0.2) is 0 Å². The lowest BCUT2D eigenvalue weighted by molar-refractivity contribution is -0.141. The Morgan fingerprint density at radius 1 is 1.18 bits per heavy atom. The molecule has 1 unspecified atom stereocenters. The third-order valence-electron chi connectivity index (χ3n) is 5.58. The van der Waals surface area contributed by atoms with Crippen LogP contribution in [0, 0.1) is 5.92 Å². The highest BCUT2D eigenvalue weighted by atomic mass is 32.2. The van der Waals surface area contributed by atoms with E-state index >= 15 is 0 Å². The van der Waals surface area contributed by atoms with Crippen LogP contribution in [-0.4, -0.2) is 59.0 Å². The summed E-state index contributed by atoms with van der Waals surface area (Å²) in [7, 11) is 0. The van der Waals surface area contributed by atoms with Gasteiger partial charge in [0.1, 0.15) is 0 Å². The number of rotatable bonds is 15. The molecule has 7 nitrogen and oxygen atoms in total. The normalized spacial score (nSPS) is 15.2. The molecule has 1 fully saturated rings. The zero-order valence-electron chi connectivity index (χ0n) is 19.3. The molecule has 1 aromatic rings. The molecule has 1 amide bonds. The summed E-state index contributed by atoms with van der Waals surface area (Å²) in [6, 6.07) is 4.68. The highest BCUT2D eigenvalue weighted by molar-refractivity contribution is 7.99. The van der Waals surface area contributed by atoms with Crippen molar-refractivity contribution < 1.29 is 24.2 Å². The first kappa shape index (κ1) is 27.5. The number of amides is 1. The van der Waals surface area contributed by atoms with Crippen LogP contribution in [0.4, 0.5) is 11.4 Å². The van der Waals surface area contributed by atoms with Crippen molar-refractivity contribution in [3.63, 3.8) is 0 Å². The zero-order valence-corrected chi connectivity index (χ0v) is 21.0. The minimum absolute atomic E-state index is 0.0918. The number of Topliss-reactive ketones (excluding diaryl/α,β-unsaturated/α-hetero) is 1. The fourth-order valence-corrected chi connectivity index (χ4v) is 5.05. The van der Waals surface area contributed by atoms with E-state index < -0.39 is 11.9 Å². The van der Waals surface area contributed by atoms with E-state index in [1.807, 2.05) is 6.26 Å². The zero-order chi connectivity index (χ0) is 24.1. The molecule has 0 aliphatic heterocycles. The molecule has 33 heavy (non-hydrogen) atoms. The number of hydrogen-bond acceptors (Lipinski definition) is 7. The predicted molar refractivity (Wildman–Crippen MR) is 137 cm³/mol. The monoisotopic (exact) mass is 496 g/mol. The van der Waals surface area contributed by atoms with Gasteiger partial charge < -0.3 is 20.9 Å². The molecule has 2 rings (SSSR count). The second kappa shape index (κ2) is 15.2. The van der Waals surface area contributed by atoms with Gasteiger partial charge in [0, 0.05) is 30.0 Å². The first-order chi connectivity index (χ1) is 15.9. The van der Waals surface area contributed by atoms with Crippen molar-refractivity contribution in [1.29, 1.82) is 0 Å². The fraction of sp³-hybridized carbons (Fsp3) is 0.625. The summed E-state index contributed by atoms with van der Waals surface area (Å²) < 4.78 is 5.90. The first-order valence-corrected chi connectivity index (χ1v) is 14.1. The van der Waals surface area contributed by atoms with Crippen LogP contribution in [0.15, 0.2) is 18.2 Å². The molecule has 0 bridgehead atoms. The molecule has 1 saturated carbocycles. The summed E-state index contributed by atoms with van der Waals surface area (Å²) in [5.74, 6) is -0.351. The van der Waals surface area contributed by atoms with E-state index in [4.69, 9.17) is 10.5 Å². The van der Waals surface area contributed by atoms with Crippen LogP contribution in [-0.2, 0) is 14.3 Å². The Morgan fingerprint density at radius 3 is 2.64 bits per heavy atom. The van der Waals surface area contributed by atoms with Crippen LogP contribution in [0.2, 0.25) is 0 Å². The Labute approximate surface area is 205 Å². The molecule has 4 N–H and O–H groups in total. The average Bonchev–Trinajstić information content (AvgIpc) is 2.78. The maximum atomic E-state index is 12.6. The van der Waals surface area contributed by atoms with Crippen molar-refractivity contribution >= 4 is 52.6 Å². The molecule has 1 aliphatic rings. The summed E-state index contributed by atoms with van der Waals surface area (Å²) in [6.45, 7) is 0.730. The second-order valence-electron chi connectivity index (χ2n) is 8.37. The molecule has 1 aliphatic carbocycles. The van der Waals surface area contributed by atoms with Crippen LogP contribution in [0.25, 0.3) is 0 Å². The van der Waals surface area contributed by atoms with E-state index in [-0.39, 0.29) is 18.1 Å². The van der Waals surface area contributed by atoms with Crippen molar-refractivity contribution in [2.24, 2.45) is 5.92 Å². The van der Waals surface area contributed by atoms with Crippen LogP contribution < -0.4 is 11.1 Å². The largest absolute Gasteiger partial charge is 0.481 e. The molecule has 0 radical (unpaired) electrons. The standard InChI is InChI=1S/C24H36N2O5S2/c1-32-11-8-17(24(29)30)14-22(27)18-12-19(25)15-20(13-18)26-23(28)16-33-10-5-9-31-21-6-3-2-4-7-21/h12-13,15,17,21H,2-11,14,16,25H2,1H3,(H,26,28)(H,29,30). The van der Waals surface area contributed by atoms with Crippen molar-refractivity contribution in [2.45, 2.75) is 57.5 Å². The molecule has 0 saturated heterocycles. The SMILES string of the molecule is CSCCC(CC(=O)c1cc(N)cc(NC(=O)CSCCCOC2CCCCC2)c1)C(=O)O. The van der Waals surface area contributed by atoms with Gasteiger partial charge in [-0.05, 0) is 61.6 Å².